The van der Waals surface area contributed by atoms with Gasteiger partial charge >= 0.3 is 5.97 Å². The maximum absolute atomic E-state index is 12.8. The smallest absolute Gasteiger partial charge is 0.347 e. The molecular weight excluding hydrogens is 727 g/mol. The Balaban J connectivity index is 0.852. The van der Waals surface area contributed by atoms with E-state index in [2.05, 4.69) is 32.4 Å². The first-order chi connectivity index (χ1) is 26.2. The number of nitrogens with zero attached hydrogens (tertiary/aromatic N) is 3. The van der Waals surface area contributed by atoms with Gasteiger partial charge in [-0.25, -0.2) is 4.79 Å². The predicted octanol–water partition coefficient (Wildman–Crippen LogP) is 6.45. The molecular formula is C40H43N5O7S2. The number of carboxylic acids is 1. The molecule has 0 aliphatic heterocycles. The number of rotatable bonds is 16. The van der Waals surface area contributed by atoms with Crippen molar-refractivity contribution in [2.75, 3.05) is 20.1 Å². The van der Waals surface area contributed by atoms with Crippen molar-refractivity contribution in [3.8, 4) is 17.1 Å². The lowest BCUT2D eigenvalue weighted by Crippen LogP contribution is -2.44. The minimum Gasteiger partial charge on any atom is -0.506 e. The summed E-state index contributed by atoms with van der Waals surface area (Å²) < 4.78 is 12.1. The summed E-state index contributed by atoms with van der Waals surface area (Å²) in [6, 6.07) is 21.8. The number of aliphatic hydroxyl groups is 1. The third-order valence-electron chi connectivity index (χ3n) is 10.2. The number of hydrogen-bond acceptors (Lipinski definition) is 12. The number of aromatic hydroxyl groups is 1. The molecule has 1 saturated carbocycles. The third kappa shape index (κ3) is 8.19. The van der Waals surface area contributed by atoms with Crippen molar-refractivity contribution >= 4 is 39.5 Å². The second kappa shape index (κ2) is 16.8. The molecule has 0 unspecified atom stereocenters. The third-order valence-corrected chi connectivity index (χ3v) is 12.1. The minimum atomic E-state index is -1.48. The van der Waals surface area contributed by atoms with E-state index in [1.165, 1.54) is 34.8 Å². The summed E-state index contributed by atoms with van der Waals surface area (Å²) in [5.74, 6) is 0.106. The van der Waals surface area contributed by atoms with Crippen LogP contribution in [0.2, 0.25) is 0 Å². The summed E-state index contributed by atoms with van der Waals surface area (Å²) in [5.41, 5.74) is 0.983. The van der Waals surface area contributed by atoms with E-state index in [1.54, 1.807) is 12.1 Å². The maximum atomic E-state index is 12.8. The van der Waals surface area contributed by atoms with Gasteiger partial charge in [0.05, 0.1) is 27.5 Å². The molecule has 282 valence electrons. The fraction of sp³-hybridized carbons (Fsp3) is 0.350. The van der Waals surface area contributed by atoms with Gasteiger partial charge in [0.2, 0.25) is 22.9 Å². The fourth-order valence-corrected chi connectivity index (χ4v) is 9.04. The Bertz CT molecular complexity index is 2160. The van der Waals surface area contributed by atoms with Crippen molar-refractivity contribution in [1.29, 1.82) is 0 Å². The van der Waals surface area contributed by atoms with Gasteiger partial charge in [-0.3, -0.25) is 4.79 Å². The number of aliphatic carboxylic acids is 1. The van der Waals surface area contributed by atoms with Crippen LogP contribution in [0, 0.1) is 0 Å². The van der Waals surface area contributed by atoms with Crippen LogP contribution < -0.4 is 10.9 Å². The number of aryl methyl sites for hydroxylation is 1. The predicted molar refractivity (Wildman–Crippen MR) is 208 cm³/mol. The Hall–Kier alpha value is -4.70. The first-order valence-electron chi connectivity index (χ1n) is 18.1. The number of aromatic nitrogens is 3. The van der Waals surface area contributed by atoms with Crippen LogP contribution in [0.15, 0.2) is 92.9 Å². The van der Waals surface area contributed by atoms with Gasteiger partial charge in [0.15, 0.2) is 0 Å². The van der Waals surface area contributed by atoms with Crippen molar-refractivity contribution in [1.82, 2.24) is 25.3 Å². The molecule has 1 atom stereocenters. The van der Waals surface area contributed by atoms with Gasteiger partial charge in [-0.1, -0.05) is 47.6 Å². The van der Waals surface area contributed by atoms with E-state index in [0.717, 1.165) is 49.8 Å². The van der Waals surface area contributed by atoms with Crippen molar-refractivity contribution in [3.05, 3.63) is 121 Å². The molecule has 12 nitrogen and oxygen atoms in total. The van der Waals surface area contributed by atoms with Gasteiger partial charge in [-0.2, -0.15) is 4.98 Å². The molecule has 0 amide bonds. The maximum Gasteiger partial charge on any atom is 0.347 e. The molecule has 5 N–H and O–H groups in total. The number of phenolic OH excluding ortho intramolecular Hbond substituents is 1. The number of carbonyl (C=O) groups is 1. The summed E-state index contributed by atoms with van der Waals surface area (Å²) in [5, 5.41) is 43.3. The van der Waals surface area contributed by atoms with Crippen molar-refractivity contribution in [2.45, 2.75) is 68.9 Å². The first-order valence-corrected chi connectivity index (χ1v) is 19.8. The Morgan fingerprint density at radius 2 is 1.76 bits per heavy atom. The van der Waals surface area contributed by atoms with Crippen LogP contribution in [0.3, 0.4) is 0 Å². The summed E-state index contributed by atoms with van der Waals surface area (Å²) in [7, 11) is 2.14. The molecule has 0 bridgehead atoms. The monoisotopic (exact) mass is 769 g/mol. The molecule has 2 aromatic carbocycles. The van der Waals surface area contributed by atoms with E-state index < -0.39 is 17.7 Å². The number of benzene rings is 2. The van der Waals surface area contributed by atoms with Gasteiger partial charge in [0.25, 0.3) is 0 Å². The normalized spacial score (nSPS) is 16.9. The second-order valence-corrected chi connectivity index (χ2v) is 15.6. The van der Waals surface area contributed by atoms with Crippen LogP contribution in [0.1, 0.15) is 65.0 Å². The van der Waals surface area contributed by atoms with E-state index in [0.29, 0.717) is 56.9 Å². The first kappa shape index (κ1) is 37.6. The molecule has 0 spiro atoms. The van der Waals surface area contributed by atoms with E-state index in [9.17, 15) is 24.9 Å². The van der Waals surface area contributed by atoms with Crippen LogP contribution in [-0.4, -0.2) is 73.6 Å². The molecule has 4 heterocycles. The van der Waals surface area contributed by atoms with Crippen LogP contribution in [0.25, 0.3) is 22.3 Å². The van der Waals surface area contributed by atoms with E-state index >= 15 is 0 Å². The molecule has 0 saturated heterocycles. The Morgan fingerprint density at radius 1 is 1.04 bits per heavy atom. The standard InChI is InChI=1S/C40H43N5O7S2/c1-45(27-12-14-28(15-13-27)51-40(39(49)50,33-5-3-21-53-33)34-6-4-22-54-34)20-2-7-36-43-38(44-52-36)26-10-8-25(9-11-26)23-41-24-32(47)29-16-18-31(46)37-30(29)17-19-35(48)42-37/h3-6,8-11,16-19,21-22,27-28,32,41,46-47H,2,7,12-15,20,23-24H2,1H3,(H,42,48)(H,49,50)/t27?,28?,32-/m0/s1. The van der Waals surface area contributed by atoms with Crippen molar-refractivity contribution < 1.29 is 29.4 Å². The van der Waals surface area contributed by atoms with E-state index in [4.69, 9.17) is 9.26 Å². The second-order valence-electron chi connectivity index (χ2n) is 13.7. The molecule has 0 radical (unpaired) electrons. The number of thiophene rings is 2. The number of pyridine rings is 1. The molecule has 4 aromatic heterocycles. The van der Waals surface area contributed by atoms with Crippen LogP contribution in [0.5, 0.6) is 5.75 Å². The van der Waals surface area contributed by atoms with Gasteiger partial charge in [0, 0.05) is 42.6 Å². The lowest BCUT2D eigenvalue weighted by molar-refractivity contribution is -0.170. The van der Waals surface area contributed by atoms with Gasteiger partial charge in [0.1, 0.15) is 5.75 Å². The van der Waals surface area contributed by atoms with Crippen LogP contribution in [0.4, 0.5) is 0 Å². The Morgan fingerprint density at radius 3 is 2.43 bits per heavy atom. The number of ether oxygens (including phenoxy) is 1. The molecule has 6 aromatic rings. The van der Waals surface area contributed by atoms with Gasteiger partial charge < -0.3 is 39.8 Å². The zero-order valence-electron chi connectivity index (χ0n) is 29.8. The highest BCUT2D eigenvalue weighted by atomic mass is 32.1. The largest absolute Gasteiger partial charge is 0.506 e. The number of nitrogens with one attached hydrogen (secondary N) is 2. The van der Waals surface area contributed by atoms with E-state index in [-0.39, 0.29) is 24.0 Å². The summed E-state index contributed by atoms with van der Waals surface area (Å²) >= 11 is 2.83. The zero-order valence-corrected chi connectivity index (χ0v) is 31.4. The summed E-state index contributed by atoms with van der Waals surface area (Å²) in [6.07, 6.45) is 4.00. The Kier molecular flexibility index (Phi) is 11.7. The number of aromatic amines is 1. The zero-order chi connectivity index (χ0) is 37.7. The Labute approximate surface area is 320 Å². The minimum absolute atomic E-state index is 0.0438. The van der Waals surface area contributed by atoms with Crippen LogP contribution >= 0.6 is 22.7 Å². The van der Waals surface area contributed by atoms with Gasteiger partial charge in [-0.15, -0.1) is 22.7 Å². The quantitative estimate of drug-likeness (QED) is 0.0732. The number of aliphatic hydroxyl groups excluding tert-OH is 1. The number of phenols is 1. The molecule has 7 rings (SSSR count). The highest BCUT2D eigenvalue weighted by molar-refractivity contribution is 7.12. The van der Waals surface area contributed by atoms with Crippen molar-refractivity contribution in [3.63, 3.8) is 0 Å². The lowest BCUT2D eigenvalue weighted by atomic mass is 9.90. The average Bonchev–Trinajstić information content (AvgIpc) is 4.00. The topological polar surface area (TPSA) is 174 Å². The molecule has 1 aliphatic rings. The lowest BCUT2D eigenvalue weighted by Gasteiger charge is -2.38. The van der Waals surface area contributed by atoms with Crippen LogP contribution in [-0.2, 0) is 28.1 Å². The molecule has 14 heteroatoms. The number of carboxylic acid groups (broad SMARTS) is 1. The molecule has 54 heavy (non-hydrogen) atoms. The number of fused-ring (bicyclic) bond motifs is 1. The fourth-order valence-electron chi connectivity index (χ4n) is 7.23. The summed E-state index contributed by atoms with van der Waals surface area (Å²) in [4.78, 5) is 35.5. The van der Waals surface area contributed by atoms with Gasteiger partial charge in [-0.05, 0) is 91.8 Å². The summed E-state index contributed by atoms with van der Waals surface area (Å²) in [6.45, 7) is 1.67. The number of hydrogen-bond donors (Lipinski definition) is 5. The van der Waals surface area contributed by atoms with E-state index in [1.807, 2.05) is 59.3 Å². The van der Waals surface area contributed by atoms with Crippen molar-refractivity contribution in [2.24, 2.45) is 0 Å². The highest BCUT2D eigenvalue weighted by Gasteiger charge is 2.48. The SMILES string of the molecule is CN(CCCc1nc(-c2ccc(CNC[C@H](O)c3ccc(O)c4[nH]c(=O)ccc34)cc2)no1)C1CCC(OC(C(=O)O)(c2cccs2)c2cccs2)CC1. The highest BCUT2D eigenvalue weighted by Crippen LogP contribution is 2.42. The number of H-pyrrole nitrogens is 1. The molecule has 1 fully saturated rings. The average molecular weight is 770 g/mol. The molecule has 1 aliphatic carbocycles.